The molecule has 5 heteroatoms. The van der Waals surface area contributed by atoms with Gasteiger partial charge in [0.25, 0.3) is 0 Å². The van der Waals surface area contributed by atoms with Gasteiger partial charge in [0.1, 0.15) is 6.10 Å². The molecule has 1 N–H and O–H groups in total. The van der Waals surface area contributed by atoms with E-state index in [1.807, 2.05) is 0 Å². The van der Waals surface area contributed by atoms with Crippen LogP contribution in [0, 0.1) is 0 Å². The second-order valence-electron chi connectivity index (χ2n) is 4.01. The quantitative estimate of drug-likeness (QED) is 0.907. The van der Waals surface area contributed by atoms with Crippen molar-refractivity contribution in [3.63, 3.8) is 0 Å². The first-order valence-corrected chi connectivity index (χ1v) is 5.52. The van der Waals surface area contributed by atoms with E-state index in [0.717, 1.165) is 5.56 Å². The average Bonchev–Trinajstić information content (AvgIpc) is 2.30. The van der Waals surface area contributed by atoms with Gasteiger partial charge in [-0.2, -0.15) is 13.2 Å². The number of benzene rings is 1. The lowest BCUT2D eigenvalue weighted by Crippen LogP contribution is -2.29. The Hall–Kier alpha value is -1.07. The van der Waals surface area contributed by atoms with Crippen molar-refractivity contribution < 1.29 is 23.0 Å². The van der Waals surface area contributed by atoms with Crippen molar-refractivity contribution in [3.05, 3.63) is 35.9 Å². The van der Waals surface area contributed by atoms with Crippen LogP contribution in [-0.2, 0) is 4.74 Å². The van der Waals surface area contributed by atoms with Gasteiger partial charge in [-0.3, -0.25) is 0 Å². The molecule has 2 nitrogen and oxygen atoms in total. The molecule has 18 heavy (non-hydrogen) atoms. The Morgan fingerprint density at radius 2 is 1.61 bits per heavy atom. The zero-order valence-corrected chi connectivity index (χ0v) is 10.7. The minimum Gasteiger partial charge on any atom is -0.388 e. The second kappa shape index (κ2) is 8.11. The van der Waals surface area contributed by atoms with Crippen LogP contribution in [0.25, 0.3) is 0 Å². The summed E-state index contributed by atoms with van der Waals surface area (Å²) < 4.78 is 40.5. The molecular weight excluding hydrogens is 245 g/mol. The molecule has 1 rings (SSSR count). The third-order valence-corrected chi connectivity index (χ3v) is 2.32. The fourth-order valence-corrected chi connectivity index (χ4v) is 1.39. The highest BCUT2D eigenvalue weighted by Crippen LogP contribution is 2.28. The van der Waals surface area contributed by atoms with Gasteiger partial charge in [0, 0.05) is 14.2 Å². The van der Waals surface area contributed by atoms with Crippen molar-refractivity contribution >= 4 is 0 Å². The maximum atomic E-state index is 12.1. The van der Waals surface area contributed by atoms with Crippen LogP contribution in [0.1, 0.15) is 24.8 Å². The van der Waals surface area contributed by atoms with Crippen molar-refractivity contribution in [2.75, 3.05) is 14.2 Å². The summed E-state index contributed by atoms with van der Waals surface area (Å²) in [5.74, 6) is -0.303. The molecule has 0 aromatic heterocycles. The Kier molecular flexibility index (Phi) is 7.62. The van der Waals surface area contributed by atoms with Gasteiger partial charge in [-0.1, -0.05) is 37.3 Å². The van der Waals surface area contributed by atoms with E-state index < -0.39 is 12.3 Å². The van der Waals surface area contributed by atoms with Crippen LogP contribution in [0.4, 0.5) is 13.2 Å². The Morgan fingerprint density at radius 3 is 2.00 bits per heavy atom. The SMILES string of the molecule is CC(CC(O)C(F)(F)F)c1ccccc1.COC. The smallest absolute Gasteiger partial charge is 0.388 e. The van der Waals surface area contributed by atoms with Gasteiger partial charge >= 0.3 is 6.18 Å². The number of halogens is 3. The minimum atomic E-state index is -4.52. The maximum absolute atomic E-state index is 12.1. The molecule has 0 aliphatic carbocycles. The van der Waals surface area contributed by atoms with Crippen LogP contribution < -0.4 is 0 Å². The van der Waals surface area contributed by atoms with Crippen molar-refractivity contribution in [3.8, 4) is 0 Å². The van der Waals surface area contributed by atoms with Crippen LogP contribution in [0.15, 0.2) is 30.3 Å². The Balaban J connectivity index is 0.000000873. The topological polar surface area (TPSA) is 29.5 Å². The summed E-state index contributed by atoms with van der Waals surface area (Å²) in [6.07, 6.45) is -7.07. The predicted octanol–water partition coefficient (Wildman–Crippen LogP) is 3.37. The summed E-state index contributed by atoms with van der Waals surface area (Å²) in [7, 11) is 3.25. The molecule has 104 valence electrons. The van der Waals surface area contributed by atoms with E-state index in [1.54, 1.807) is 51.5 Å². The van der Waals surface area contributed by atoms with Crippen LogP contribution in [-0.4, -0.2) is 31.6 Å². The molecule has 0 radical (unpaired) electrons. The highest BCUT2D eigenvalue weighted by atomic mass is 19.4. The van der Waals surface area contributed by atoms with Gasteiger partial charge in [0.15, 0.2) is 0 Å². The Morgan fingerprint density at radius 1 is 1.17 bits per heavy atom. The number of rotatable bonds is 3. The fourth-order valence-electron chi connectivity index (χ4n) is 1.39. The van der Waals surface area contributed by atoms with Crippen LogP contribution in [0.3, 0.4) is 0 Å². The third kappa shape index (κ3) is 6.61. The van der Waals surface area contributed by atoms with E-state index in [9.17, 15) is 13.2 Å². The monoisotopic (exact) mass is 264 g/mol. The van der Waals surface area contributed by atoms with Crippen molar-refractivity contribution in [1.29, 1.82) is 0 Å². The number of hydrogen-bond donors (Lipinski definition) is 1. The summed E-state index contributed by atoms with van der Waals surface area (Å²) in [6, 6.07) is 8.86. The maximum Gasteiger partial charge on any atom is 0.414 e. The molecule has 0 amide bonds. The number of aliphatic hydroxyl groups excluding tert-OH is 1. The van der Waals surface area contributed by atoms with E-state index in [1.165, 1.54) is 0 Å². The van der Waals surface area contributed by atoms with Crippen LogP contribution >= 0.6 is 0 Å². The predicted molar refractivity (Wildman–Crippen MR) is 64.5 cm³/mol. The van der Waals surface area contributed by atoms with Gasteiger partial charge in [-0.25, -0.2) is 0 Å². The lowest BCUT2D eigenvalue weighted by atomic mass is 9.95. The Labute approximate surface area is 105 Å². The third-order valence-electron chi connectivity index (χ3n) is 2.32. The van der Waals surface area contributed by atoms with Gasteiger partial charge in [-0.15, -0.1) is 0 Å². The molecule has 0 spiro atoms. The second-order valence-corrected chi connectivity index (χ2v) is 4.01. The molecule has 0 aliphatic heterocycles. The zero-order chi connectivity index (χ0) is 14.2. The molecule has 0 fully saturated rings. The number of ether oxygens (including phenoxy) is 1. The standard InChI is InChI=1S/C11H13F3O.C2H6O/c1-8(7-10(15)11(12,13)14)9-5-3-2-4-6-9;1-3-2/h2-6,8,10,15H,7H2,1H3;1-2H3. The molecular formula is C13H19F3O2. The van der Waals surface area contributed by atoms with E-state index in [-0.39, 0.29) is 12.3 Å². The summed E-state index contributed by atoms with van der Waals surface area (Å²) in [6.45, 7) is 1.67. The zero-order valence-electron chi connectivity index (χ0n) is 10.7. The van der Waals surface area contributed by atoms with E-state index in [2.05, 4.69) is 4.74 Å². The summed E-state index contributed by atoms with van der Waals surface area (Å²) in [5, 5.41) is 8.89. The summed E-state index contributed by atoms with van der Waals surface area (Å²) >= 11 is 0. The van der Waals surface area contributed by atoms with Gasteiger partial charge in [0.2, 0.25) is 0 Å². The normalized spacial score (nSPS) is 14.4. The minimum absolute atomic E-state index is 0.298. The lowest BCUT2D eigenvalue weighted by molar-refractivity contribution is -0.206. The van der Waals surface area contributed by atoms with Gasteiger partial charge < -0.3 is 9.84 Å². The molecule has 2 unspecified atom stereocenters. The first-order valence-electron chi connectivity index (χ1n) is 5.52. The molecule has 0 aliphatic rings. The highest BCUT2D eigenvalue weighted by Gasteiger charge is 2.38. The number of hydrogen-bond acceptors (Lipinski definition) is 2. The van der Waals surface area contributed by atoms with Crippen LogP contribution in [0.2, 0.25) is 0 Å². The first kappa shape index (κ1) is 16.9. The number of aliphatic hydroxyl groups is 1. The lowest BCUT2D eigenvalue weighted by Gasteiger charge is -2.19. The largest absolute Gasteiger partial charge is 0.414 e. The van der Waals surface area contributed by atoms with Gasteiger partial charge in [-0.05, 0) is 17.9 Å². The molecule has 1 aromatic carbocycles. The molecule has 0 saturated carbocycles. The van der Waals surface area contributed by atoms with E-state index in [0.29, 0.717) is 0 Å². The average molecular weight is 264 g/mol. The highest BCUT2D eigenvalue weighted by molar-refractivity contribution is 5.18. The molecule has 0 saturated heterocycles. The summed E-state index contributed by atoms with van der Waals surface area (Å²) in [4.78, 5) is 0. The number of methoxy groups -OCH3 is 1. The van der Waals surface area contributed by atoms with Crippen molar-refractivity contribution in [2.24, 2.45) is 0 Å². The van der Waals surface area contributed by atoms with E-state index >= 15 is 0 Å². The van der Waals surface area contributed by atoms with Crippen molar-refractivity contribution in [2.45, 2.75) is 31.5 Å². The van der Waals surface area contributed by atoms with E-state index in [4.69, 9.17) is 5.11 Å². The van der Waals surface area contributed by atoms with Crippen LogP contribution in [0.5, 0.6) is 0 Å². The fraction of sp³-hybridized carbons (Fsp3) is 0.538. The molecule has 1 aromatic rings. The van der Waals surface area contributed by atoms with Crippen molar-refractivity contribution in [1.82, 2.24) is 0 Å². The first-order chi connectivity index (χ1) is 8.32. The molecule has 2 atom stereocenters. The molecule has 0 bridgehead atoms. The van der Waals surface area contributed by atoms with Gasteiger partial charge in [0.05, 0.1) is 0 Å². The molecule has 0 heterocycles. The summed E-state index contributed by atoms with van der Waals surface area (Å²) in [5.41, 5.74) is 0.806. The number of alkyl halides is 3. The Bertz CT molecular complexity index is 312.